The molecule has 1 aliphatic heterocycles. The van der Waals surface area contributed by atoms with Gasteiger partial charge >= 0.3 is 0 Å². The zero-order chi connectivity index (χ0) is 12.8. The Balaban J connectivity index is 1.63. The molecule has 0 spiro atoms. The molecule has 1 aromatic rings. The van der Waals surface area contributed by atoms with Crippen LogP contribution >= 0.6 is 0 Å². The molecule has 1 heterocycles. The van der Waals surface area contributed by atoms with Crippen LogP contribution in [0.4, 0.5) is 5.69 Å². The van der Waals surface area contributed by atoms with Gasteiger partial charge in [-0.3, -0.25) is 0 Å². The Labute approximate surface area is 110 Å². The number of hydrogen-bond donors (Lipinski definition) is 2. The second-order valence-corrected chi connectivity index (χ2v) is 5.22. The fraction of sp³-hybridized carbons (Fsp3) is 0.600. The minimum Gasteiger partial charge on any atom is -0.399 e. The molecule has 1 saturated heterocycles. The van der Waals surface area contributed by atoms with E-state index in [1.54, 1.807) is 0 Å². The number of hydrogen-bond acceptors (Lipinski definition) is 3. The zero-order valence-corrected chi connectivity index (χ0v) is 11.2. The third-order valence-corrected chi connectivity index (χ3v) is 3.73. The summed E-state index contributed by atoms with van der Waals surface area (Å²) in [6.07, 6.45) is 3.44. The van der Waals surface area contributed by atoms with Crippen molar-refractivity contribution in [3.05, 3.63) is 29.8 Å². The second kappa shape index (κ2) is 6.76. The van der Waals surface area contributed by atoms with Crippen LogP contribution in [0.2, 0.25) is 0 Å². The molecule has 0 amide bonds. The topological polar surface area (TPSA) is 47.3 Å². The van der Waals surface area contributed by atoms with Gasteiger partial charge in [0.1, 0.15) is 0 Å². The minimum absolute atomic E-state index is 0.563. The Morgan fingerprint density at radius 3 is 3.11 bits per heavy atom. The summed E-state index contributed by atoms with van der Waals surface area (Å²) in [7, 11) is 0. The Morgan fingerprint density at radius 2 is 2.39 bits per heavy atom. The Kier molecular flexibility index (Phi) is 5.02. The lowest BCUT2D eigenvalue weighted by atomic mass is 10.0. The molecule has 0 aliphatic carbocycles. The molecule has 18 heavy (non-hydrogen) atoms. The summed E-state index contributed by atoms with van der Waals surface area (Å²) >= 11 is 0. The number of benzene rings is 1. The zero-order valence-electron chi connectivity index (χ0n) is 11.2. The average Bonchev–Trinajstić information content (AvgIpc) is 2.88. The molecular formula is C15H24N2O. The van der Waals surface area contributed by atoms with Gasteiger partial charge in [-0.15, -0.1) is 0 Å². The molecule has 2 rings (SSSR count). The van der Waals surface area contributed by atoms with Crippen molar-refractivity contribution in [1.29, 1.82) is 0 Å². The van der Waals surface area contributed by atoms with Crippen molar-refractivity contribution < 1.29 is 4.74 Å². The Hall–Kier alpha value is -1.06. The molecule has 0 radical (unpaired) electrons. The molecule has 100 valence electrons. The molecule has 0 aromatic heterocycles. The lowest BCUT2D eigenvalue weighted by Crippen LogP contribution is -2.34. The van der Waals surface area contributed by atoms with E-state index in [1.807, 2.05) is 12.1 Å². The van der Waals surface area contributed by atoms with Gasteiger partial charge in [0.2, 0.25) is 0 Å². The maximum atomic E-state index is 5.76. The highest BCUT2D eigenvalue weighted by Crippen LogP contribution is 2.16. The van der Waals surface area contributed by atoms with E-state index >= 15 is 0 Å². The van der Waals surface area contributed by atoms with Gasteiger partial charge in [-0.05, 0) is 56.3 Å². The highest BCUT2D eigenvalue weighted by Gasteiger charge is 2.21. The van der Waals surface area contributed by atoms with E-state index in [1.165, 1.54) is 12.0 Å². The van der Waals surface area contributed by atoms with Crippen molar-refractivity contribution in [2.45, 2.75) is 32.2 Å². The highest BCUT2D eigenvalue weighted by molar-refractivity contribution is 5.40. The van der Waals surface area contributed by atoms with Crippen LogP contribution < -0.4 is 11.1 Å². The van der Waals surface area contributed by atoms with Gasteiger partial charge in [-0.1, -0.05) is 12.1 Å². The van der Waals surface area contributed by atoms with Crippen LogP contribution in [0.5, 0.6) is 0 Å². The standard InChI is InChI=1S/C15H24N2O/c1-12(14-7-9-18-11-14)17-8-3-5-13-4-2-6-15(16)10-13/h2,4,6,10,12,14,17H,3,5,7-9,11,16H2,1H3. The number of ether oxygens (including phenoxy) is 1. The fourth-order valence-electron chi connectivity index (χ4n) is 2.48. The predicted molar refractivity (Wildman–Crippen MR) is 75.6 cm³/mol. The first-order valence-electron chi connectivity index (χ1n) is 6.91. The average molecular weight is 248 g/mol. The molecule has 2 atom stereocenters. The molecule has 1 aliphatic rings. The second-order valence-electron chi connectivity index (χ2n) is 5.22. The summed E-state index contributed by atoms with van der Waals surface area (Å²) < 4.78 is 5.41. The fourth-order valence-corrected chi connectivity index (χ4v) is 2.48. The summed E-state index contributed by atoms with van der Waals surface area (Å²) in [5.74, 6) is 0.692. The third kappa shape index (κ3) is 4.00. The summed E-state index contributed by atoms with van der Waals surface area (Å²) in [5, 5.41) is 3.60. The molecule has 3 heteroatoms. The van der Waals surface area contributed by atoms with E-state index in [2.05, 4.69) is 24.4 Å². The van der Waals surface area contributed by atoms with Gasteiger partial charge in [-0.2, -0.15) is 0 Å². The number of nitrogens with one attached hydrogen (secondary N) is 1. The van der Waals surface area contributed by atoms with Crippen LogP contribution in [0.1, 0.15) is 25.3 Å². The molecule has 2 unspecified atom stereocenters. The van der Waals surface area contributed by atoms with Crippen LogP contribution in [-0.4, -0.2) is 25.8 Å². The van der Waals surface area contributed by atoms with Crippen LogP contribution in [0.25, 0.3) is 0 Å². The monoisotopic (exact) mass is 248 g/mol. The summed E-state index contributed by atoms with van der Waals surface area (Å²) in [6, 6.07) is 8.73. The molecule has 3 N–H and O–H groups in total. The molecule has 0 saturated carbocycles. The van der Waals surface area contributed by atoms with E-state index in [9.17, 15) is 0 Å². The number of aryl methyl sites for hydroxylation is 1. The Morgan fingerprint density at radius 1 is 1.50 bits per heavy atom. The maximum absolute atomic E-state index is 5.76. The molecule has 0 bridgehead atoms. The lowest BCUT2D eigenvalue weighted by molar-refractivity contribution is 0.178. The van der Waals surface area contributed by atoms with Crippen molar-refractivity contribution in [3.8, 4) is 0 Å². The Bertz CT molecular complexity index is 361. The van der Waals surface area contributed by atoms with Gasteiger partial charge in [0.25, 0.3) is 0 Å². The van der Waals surface area contributed by atoms with E-state index in [-0.39, 0.29) is 0 Å². The maximum Gasteiger partial charge on any atom is 0.0509 e. The van der Waals surface area contributed by atoms with Crippen molar-refractivity contribution >= 4 is 5.69 Å². The highest BCUT2D eigenvalue weighted by atomic mass is 16.5. The smallest absolute Gasteiger partial charge is 0.0509 e. The first-order valence-corrected chi connectivity index (χ1v) is 6.91. The summed E-state index contributed by atoms with van der Waals surface area (Å²) in [6.45, 7) is 5.18. The molecular weight excluding hydrogens is 224 g/mol. The number of nitrogens with two attached hydrogens (primary N) is 1. The van der Waals surface area contributed by atoms with E-state index in [0.29, 0.717) is 12.0 Å². The quantitative estimate of drug-likeness (QED) is 0.599. The molecule has 3 nitrogen and oxygen atoms in total. The molecule has 1 aromatic carbocycles. The van der Waals surface area contributed by atoms with Crippen molar-refractivity contribution in [2.75, 3.05) is 25.5 Å². The van der Waals surface area contributed by atoms with Crippen LogP contribution in [0.3, 0.4) is 0 Å². The normalized spacial score (nSPS) is 21.1. The van der Waals surface area contributed by atoms with Gasteiger partial charge in [0.05, 0.1) is 6.61 Å². The van der Waals surface area contributed by atoms with Crippen molar-refractivity contribution in [2.24, 2.45) is 5.92 Å². The van der Waals surface area contributed by atoms with Gasteiger partial charge in [0.15, 0.2) is 0 Å². The van der Waals surface area contributed by atoms with E-state index in [4.69, 9.17) is 10.5 Å². The largest absolute Gasteiger partial charge is 0.399 e. The summed E-state index contributed by atoms with van der Waals surface area (Å²) in [4.78, 5) is 0. The van der Waals surface area contributed by atoms with Crippen LogP contribution in [-0.2, 0) is 11.2 Å². The van der Waals surface area contributed by atoms with Crippen LogP contribution in [0, 0.1) is 5.92 Å². The van der Waals surface area contributed by atoms with E-state index in [0.717, 1.165) is 38.3 Å². The van der Waals surface area contributed by atoms with Gasteiger partial charge < -0.3 is 15.8 Å². The number of rotatable bonds is 6. The minimum atomic E-state index is 0.563. The van der Waals surface area contributed by atoms with Crippen molar-refractivity contribution in [1.82, 2.24) is 5.32 Å². The summed E-state index contributed by atoms with van der Waals surface area (Å²) in [5.41, 5.74) is 7.95. The van der Waals surface area contributed by atoms with Gasteiger partial charge in [-0.25, -0.2) is 0 Å². The number of anilines is 1. The lowest BCUT2D eigenvalue weighted by Gasteiger charge is -2.19. The van der Waals surface area contributed by atoms with Crippen LogP contribution in [0.15, 0.2) is 24.3 Å². The third-order valence-electron chi connectivity index (χ3n) is 3.73. The van der Waals surface area contributed by atoms with Gasteiger partial charge in [0, 0.05) is 18.3 Å². The van der Waals surface area contributed by atoms with E-state index < -0.39 is 0 Å². The van der Waals surface area contributed by atoms with Crippen molar-refractivity contribution in [3.63, 3.8) is 0 Å². The number of nitrogen functional groups attached to an aromatic ring is 1. The first kappa shape index (κ1) is 13.4. The SMILES string of the molecule is CC(NCCCc1cccc(N)c1)C1CCOC1. The molecule has 1 fully saturated rings. The first-order chi connectivity index (χ1) is 8.75. The predicted octanol–water partition coefficient (Wildman–Crippen LogP) is 2.22.